The second-order valence-electron chi connectivity index (χ2n) is 16.0. The van der Waals surface area contributed by atoms with Gasteiger partial charge < -0.3 is 24.8 Å². The van der Waals surface area contributed by atoms with Gasteiger partial charge in [0.15, 0.2) is 0 Å². The van der Waals surface area contributed by atoms with Crippen LogP contribution in [0.1, 0.15) is 85.0 Å². The van der Waals surface area contributed by atoms with E-state index in [1.807, 2.05) is 0 Å². The topological polar surface area (TPSA) is 0 Å². The van der Waals surface area contributed by atoms with Crippen molar-refractivity contribution in [3.8, 4) is 11.1 Å². The van der Waals surface area contributed by atoms with Crippen molar-refractivity contribution < 1.29 is 46.1 Å². The van der Waals surface area contributed by atoms with Crippen LogP contribution >= 0.6 is 23.2 Å². The summed E-state index contributed by atoms with van der Waals surface area (Å²) < 4.78 is 3.33. The van der Waals surface area contributed by atoms with E-state index in [-0.39, 0.29) is 39.3 Å². The molecule has 0 saturated heterocycles. The SMILES string of the molecule is CC(C)(C)c1ccc2c(c1)[CH]([Zr+2]([C]1=CC=CC1)=[C](c1cc(Cl)cc3ccccc13)c1cc(Cl)cc3ccccc13)c1cc(C(C)(C)C)ccc1-2.[Cl-].[Cl-]. The van der Waals surface area contributed by atoms with Crippen molar-refractivity contribution in [2.45, 2.75) is 62.4 Å². The van der Waals surface area contributed by atoms with Gasteiger partial charge in [-0.3, -0.25) is 0 Å². The van der Waals surface area contributed by atoms with E-state index in [4.69, 9.17) is 23.2 Å². The third-order valence-electron chi connectivity index (χ3n) is 10.6. The number of allylic oxidation sites excluding steroid dienone is 4. The molecule has 6 aromatic rings. The van der Waals surface area contributed by atoms with Crippen LogP contribution in [0, 0.1) is 0 Å². The molecule has 0 saturated carbocycles. The molecule has 5 heteroatoms. The van der Waals surface area contributed by atoms with Crippen molar-refractivity contribution in [2.75, 3.05) is 0 Å². The van der Waals surface area contributed by atoms with Gasteiger partial charge in [0.1, 0.15) is 0 Å². The fourth-order valence-electron chi connectivity index (χ4n) is 8.04. The number of fused-ring (bicyclic) bond motifs is 5. The number of benzene rings is 6. The summed E-state index contributed by atoms with van der Waals surface area (Å²) in [7, 11) is 0. The van der Waals surface area contributed by atoms with Crippen LogP contribution in [0.4, 0.5) is 0 Å². The van der Waals surface area contributed by atoms with E-state index in [0.29, 0.717) is 0 Å². The van der Waals surface area contributed by atoms with Crippen LogP contribution < -0.4 is 24.8 Å². The molecular weight excluding hydrogens is 798 g/mol. The molecule has 0 radical (unpaired) electrons. The van der Waals surface area contributed by atoms with Crippen molar-refractivity contribution in [1.82, 2.24) is 0 Å². The number of rotatable bonds is 4. The molecule has 0 heterocycles. The maximum Gasteiger partial charge on any atom is -1.00 e. The zero-order chi connectivity index (χ0) is 34.9. The minimum absolute atomic E-state index is 0. The third kappa shape index (κ3) is 6.98. The van der Waals surface area contributed by atoms with Crippen molar-refractivity contribution >= 4 is 48.0 Å². The Morgan fingerprint density at radius 2 is 1.06 bits per heavy atom. The molecule has 6 aromatic carbocycles. The molecule has 8 rings (SSSR count). The first-order valence-corrected chi connectivity index (χ1v) is 22.3. The number of halogens is 4. The smallest absolute Gasteiger partial charge is 1.00 e. The molecule has 0 atom stereocenters. The first-order valence-electron chi connectivity index (χ1n) is 17.7. The van der Waals surface area contributed by atoms with Crippen LogP contribution in [0.3, 0.4) is 0 Å². The molecule has 0 amide bonds. The molecule has 52 heavy (non-hydrogen) atoms. The molecule has 2 aliphatic carbocycles. The number of hydrogen-bond donors (Lipinski definition) is 0. The van der Waals surface area contributed by atoms with Crippen LogP contribution in [0.2, 0.25) is 10.0 Å². The predicted octanol–water partition coefficient (Wildman–Crippen LogP) is 7.70. The van der Waals surface area contributed by atoms with Gasteiger partial charge >= 0.3 is 317 Å². The molecule has 0 fully saturated rings. The minimum Gasteiger partial charge on any atom is -1.00 e. The Kier molecular flexibility index (Phi) is 11.1. The van der Waals surface area contributed by atoms with Crippen LogP contribution in [0.15, 0.2) is 131 Å². The van der Waals surface area contributed by atoms with E-state index in [1.54, 1.807) is 3.28 Å². The minimum atomic E-state index is -3.10. The van der Waals surface area contributed by atoms with E-state index < -0.39 is 21.3 Å². The second-order valence-corrected chi connectivity index (χ2v) is 23.1. The van der Waals surface area contributed by atoms with E-state index in [2.05, 4.69) is 169 Å². The number of hydrogen-bond acceptors (Lipinski definition) is 0. The van der Waals surface area contributed by atoms with Gasteiger partial charge in [0, 0.05) is 0 Å². The quantitative estimate of drug-likeness (QED) is 0.171. The summed E-state index contributed by atoms with van der Waals surface area (Å²) in [5, 5.41) is 6.34. The first-order chi connectivity index (χ1) is 23.9. The summed E-state index contributed by atoms with van der Waals surface area (Å²) in [4.78, 5) is 0. The summed E-state index contributed by atoms with van der Waals surface area (Å²) in [5.41, 5.74) is 11.1. The van der Waals surface area contributed by atoms with Crippen LogP contribution in [-0.4, -0.2) is 3.21 Å². The van der Waals surface area contributed by atoms with Gasteiger partial charge in [0.25, 0.3) is 0 Å². The van der Waals surface area contributed by atoms with Gasteiger partial charge in [-0.05, 0) is 0 Å². The molecule has 262 valence electrons. The zero-order valence-corrected chi connectivity index (χ0v) is 35.9. The van der Waals surface area contributed by atoms with Crippen LogP contribution in [0.25, 0.3) is 32.7 Å². The van der Waals surface area contributed by atoms with Gasteiger partial charge in [0.05, 0.1) is 0 Å². The van der Waals surface area contributed by atoms with Gasteiger partial charge in [-0.15, -0.1) is 0 Å². The van der Waals surface area contributed by atoms with Crippen molar-refractivity contribution in [3.05, 3.63) is 174 Å². The molecule has 0 bridgehead atoms. The van der Waals surface area contributed by atoms with E-state index in [0.717, 1.165) is 27.2 Å². The normalized spacial score (nSPS) is 13.6. The van der Waals surface area contributed by atoms with Gasteiger partial charge in [-0.1, -0.05) is 0 Å². The van der Waals surface area contributed by atoms with E-state index >= 15 is 0 Å². The molecule has 0 nitrogen and oxygen atoms in total. The largest absolute Gasteiger partial charge is 1.00 e. The molecular formula is C47H42Cl4Zr. The monoisotopic (exact) mass is 836 g/mol. The zero-order valence-electron chi connectivity index (χ0n) is 30.4. The third-order valence-corrected chi connectivity index (χ3v) is 19.3. The predicted molar refractivity (Wildman–Crippen MR) is 214 cm³/mol. The molecule has 0 unspecified atom stereocenters. The summed E-state index contributed by atoms with van der Waals surface area (Å²) in [6.45, 7) is 14.0. The maximum absolute atomic E-state index is 7.09. The van der Waals surface area contributed by atoms with Gasteiger partial charge in [-0.25, -0.2) is 0 Å². The summed E-state index contributed by atoms with van der Waals surface area (Å²) in [6, 6.07) is 40.9. The Morgan fingerprint density at radius 3 is 1.48 bits per heavy atom. The maximum atomic E-state index is 7.09. The standard InChI is InChI=1S/C21H12Cl2.C21H25.C5H5.2ClH.Zr/c22-18-10-14-5-1-3-7-20(14)16(12-18)9-17-13-19(23)11-15-6-2-4-8-21(15)17;1-20(2,3)16-7-9-18-14(12-16)11-15-13-17(21(4,5)6)8-10-19(15)18;1-2-4-5-3-1;;;/h1-8,10-13H;7-13H,1-6H3;1-3H,4H2;2*1H;/q;;;;;+2/p-2. The summed E-state index contributed by atoms with van der Waals surface area (Å²) >= 11 is 11.1. The second kappa shape index (κ2) is 14.8. The molecule has 0 aromatic heterocycles. The van der Waals surface area contributed by atoms with Crippen LogP contribution in [0.5, 0.6) is 0 Å². The van der Waals surface area contributed by atoms with Gasteiger partial charge in [0.2, 0.25) is 0 Å². The molecule has 0 aliphatic heterocycles. The van der Waals surface area contributed by atoms with Crippen molar-refractivity contribution in [1.29, 1.82) is 0 Å². The molecule has 0 N–H and O–H groups in total. The average molecular weight is 840 g/mol. The molecule has 0 spiro atoms. The van der Waals surface area contributed by atoms with E-state index in [1.165, 1.54) is 58.5 Å². The first kappa shape index (κ1) is 38.9. The Labute approximate surface area is 338 Å². The van der Waals surface area contributed by atoms with Crippen molar-refractivity contribution in [3.63, 3.8) is 0 Å². The Balaban J connectivity index is 0.00000232. The molecule has 2 aliphatic rings. The van der Waals surface area contributed by atoms with Gasteiger partial charge in [-0.2, -0.15) is 0 Å². The Morgan fingerprint density at radius 1 is 0.596 bits per heavy atom. The van der Waals surface area contributed by atoms with Crippen molar-refractivity contribution in [2.24, 2.45) is 0 Å². The fraction of sp³-hybridized carbons (Fsp3) is 0.213. The van der Waals surface area contributed by atoms with E-state index in [9.17, 15) is 0 Å². The fourth-order valence-corrected chi connectivity index (χ4v) is 17.6. The average Bonchev–Trinajstić information content (AvgIpc) is 3.72. The Bertz CT molecular complexity index is 2300. The summed E-state index contributed by atoms with van der Waals surface area (Å²) in [5.74, 6) is 0. The Hall–Kier alpha value is -2.77. The summed E-state index contributed by atoms with van der Waals surface area (Å²) in [6.07, 6.45) is 8.07. The van der Waals surface area contributed by atoms with Crippen LogP contribution in [-0.2, 0) is 32.1 Å².